The van der Waals surface area contributed by atoms with Gasteiger partial charge in [-0.15, -0.1) is 0 Å². The lowest BCUT2D eigenvalue weighted by atomic mass is 10.1. The molecule has 0 radical (unpaired) electrons. The van der Waals surface area contributed by atoms with E-state index in [0.717, 1.165) is 4.90 Å². The molecule has 1 atom stereocenters. The Hall–Kier alpha value is -3.63. The average Bonchev–Trinajstić information content (AvgIpc) is 3.47. The summed E-state index contributed by atoms with van der Waals surface area (Å²) in [5.74, 6) is -1.66. The SMILES string of the molecule is Cn1ncc2cc(Nc3cccc4c3C(=O)N(CC(=O)N3CCC[C@H]3C(F)(F)F)C4)cc(F)c21. The molecule has 0 bridgehead atoms. The number of hydrogen-bond donors (Lipinski definition) is 1. The van der Waals surface area contributed by atoms with Gasteiger partial charge in [0, 0.05) is 31.2 Å². The smallest absolute Gasteiger partial charge is 0.355 e. The molecule has 178 valence electrons. The molecule has 11 heteroatoms. The van der Waals surface area contributed by atoms with Crippen LogP contribution in [0.4, 0.5) is 28.9 Å². The van der Waals surface area contributed by atoms with Crippen LogP contribution in [0.2, 0.25) is 0 Å². The summed E-state index contributed by atoms with van der Waals surface area (Å²) in [5.41, 5.74) is 2.15. The standard InChI is InChI=1S/C23H21F4N5O2/c1-30-21-14(10-28-30)8-15(9-16(21)24)29-17-5-2-4-13-11-31(22(34)20(13)17)12-19(33)32-7-3-6-18(32)23(25,26)27/h2,4-5,8-10,18,29H,3,6-7,11-12H2,1H3/t18-/m0/s1. The second-order valence-electron chi connectivity index (χ2n) is 8.58. The Morgan fingerprint density at radius 2 is 2.06 bits per heavy atom. The highest BCUT2D eigenvalue weighted by atomic mass is 19.4. The number of halogens is 4. The summed E-state index contributed by atoms with van der Waals surface area (Å²) < 4.78 is 55.7. The lowest BCUT2D eigenvalue weighted by Crippen LogP contribution is -2.48. The van der Waals surface area contributed by atoms with E-state index < -0.39 is 36.4 Å². The third-order valence-electron chi connectivity index (χ3n) is 6.36. The molecule has 2 aromatic carbocycles. The first-order valence-electron chi connectivity index (χ1n) is 10.8. The fourth-order valence-electron chi connectivity index (χ4n) is 4.81. The monoisotopic (exact) mass is 475 g/mol. The van der Waals surface area contributed by atoms with Gasteiger partial charge in [0.15, 0.2) is 5.82 Å². The molecule has 1 fully saturated rings. The van der Waals surface area contributed by atoms with Gasteiger partial charge in [0.2, 0.25) is 5.91 Å². The Labute approximate surface area is 191 Å². The summed E-state index contributed by atoms with van der Waals surface area (Å²) in [6, 6.07) is 6.30. The second kappa shape index (κ2) is 8.00. The van der Waals surface area contributed by atoms with Crippen molar-refractivity contribution in [3.8, 4) is 0 Å². The third kappa shape index (κ3) is 3.74. The normalized spacial score (nSPS) is 18.1. The highest BCUT2D eigenvalue weighted by Crippen LogP contribution is 2.35. The number of aromatic nitrogens is 2. The molecule has 2 amide bonds. The van der Waals surface area contributed by atoms with Gasteiger partial charge in [-0.2, -0.15) is 18.3 Å². The summed E-state index contributed by atoms with van der Waals surface area (Å²) in [6.45, 7) is -0.307. The number of fused-ring (bicyclic) bond motifs is 2. The van der Waals surface area contributed by atoms with Gasteiger partial charge in [-0.3, -0.25) is 14.3 Å². The highest BCUT2D eigenvalue weighted by molar-refractivity contribution is 6.05. The van der Waals surface area contributed by atoms with Crippen LogP contribution in [-0.4, -0.2) is 56.7 Å². The van der Waals surface area contributed by atoms with Crippen LogP contribution in [-0.2, 0) is 18.4 Å². The zero-order valence-electron chi connectivity index (χ0n) is 18.2. The first-order chi connectivity index (χ1) is 16.1. The summed E-state index contributed by atoms with van der Waals surface area (Å²) >= 11 is 0. The van der Waals surface area contributed by atoms with Crippen LogP contribution in [0, 0.1) is 5.82 Å². The number of nitrogens with one attached hydrogen (secondary N) is 1. The summed E-state index contributed by atoms with van der Waals surface area (Å²) in [6.07, 6.45) is -2.82. The number of nitrogens with zero attached hydrogens (tertiary/aromatic N) is 4. The molecule has 1 aromatic heterocycles. The van der Waals surface area contributed by atoms with Gasteiger partial charge < -0.3 is 15.1 Å². The van der Waals surface area contributed by atoms with Crippen molar-refractivity contribution in [2.75, 3.05) is 18.4 Å². The van der Waals surface area contributed by atoms with Crippen molar-refractivity contribution in [3.05, 3.63) is 53.5 Å². The number of aryl methyl sites for hydroxylation is 1. The number of likely N-dealkylation sites (tertiary alicyclic amines) is 1. The maximum absolute atomic E-state index is 14.6. The molecule has 0 saturated carbocycles. The van der Waals surface area contributed by atoms with E-state index in [4.69, 9.17) is 0 Å². The Kier molecular flexibility index (Phi) is 5.22. The molecule has 2 aliphatic heterocycles. The minimum Gasteiger partial charge on any atom is -0.355 e. The summed E-state index contributed by atoms with van der Waals surface area (Å²) in [5, 5.41) is 7.70. The van der Waals surface area contributed by atoms with Crippen LogP contribution >= 0.6 is 0 Å². The van der Waals surface area contributed by atoms with E-state index in [1.165, 1.54) is 21.8 Å². The Balaban J connectivity index is 1.36. The van der Waals surface area contributed by atoms with Gasteiger partial charge >= 0.3 is 6.18 Å². The fourth-order valence-corrected chi connectivity index (χ4v) is 4.81. The van der Waals surface area contributed by atoms with Crippen LogP contribution in [0.3, 0.4) is 0 Å². The van der Waals surface area contributed by atoms with Gasteiger partial charge in [-0.25, -0.2) is 4.39 Å². The lowest BCUT2D eigenvalue weighted by molar-refractivity contribution is -0.182. The second-order valence-corrected chi connectivity index (χ2v) is 8.58. The van der Waals surface area contributed by atoms with Crippen molar-refractivity contribution in [1.29, 1.82) is 0 Å². The van der Waals surface area contributed by atoms with E-state index in [1.54, 1.807) is 31.3 Å². The first kappa shape index (κ1) is 22.2. The Morgan fingerprint density at radius 1 is 1.26 bits per heavy atom. The van der Waals surface area contributed by atoms with E-state index in [-0.39, 0.29) is 25.9 Å². The van der Waals surface area contributed by atoms with Crippen molar-refractivity contribution in [2.24, 2.45) is 7.05 Å². The number of anilines is 2. The average molecular weight is 475 g/mol. The molecular weight excluding hydrogens is 454 g/mol. The van der Waals surface area contributed by atoms with Gasteiger partial charge in [-0.05, 0) is 36.6 Å². The van der Waals surface area contributed by atoms with Gasteiger partial charge in [0.25, 0.3) is 5.91 Å². The zero-order valence-corrected chi connectivity index (χ0v) is 18.2. The van der Waals surface area contributed by atoms with Crippen LogP contribution in [0.15, 0.2) is 36.5 Å². The molecule has 2 aliphatic rings. The maximum atomic E-state index is 14.6. The van der Waals surface area contributed by atoms with E-state index in [0.29, 0.717) is 33.4 Å². The number of amides is 2. The molecule has 1 N–H and O–H groups in total. The van der Waals surface area contributed by atoms with Crippen molar-refractivity contribution >= 4 is 34.1 Å². The number of carbonyl (C=O) groups excluding carboxylic acids is 2. The fraction of sp³-hybridized carbons (Fsp3) is 0.348. The van der Waals surface area contributed by atoms with Crippen LogP contribution < -0.4 is 5.32 Å². The molecule has 5 rings (SSSR count). The first-order valence-corrected chi connectivity index (χ1v) is 10.8. The predicted octanol–water partition coefficient (Wildman–Crippen LogP) is 3.97. The molecule has 3 aromatic rings. The minimum atomic E-state index is -4.49. The summed E-state index contributed by atoms with van der Waals surface area (Å²) in [4.78, 5) is 27.9. The predicted molar refractivity (Wildman–Crippen MR) is 116 cm³/mol. The van der Waals surface area contributed by atoms with Crippen LogP contribution in [0.25, 0.3) is 10.9 Å². The molecule has 0 unspecified atom stereocenters. The van der Waals surface area contributed by atoms with Gasteiger partial charge in [-0.1, -0.05) is 12.1 Å². The Morgan fingerprint density at radius 3 is 2.82 bits per heavy atom. The number of alkyl halides is 3. The van der Waals surface area contributed by atoms with Crippen LogP contribution in [0.5, 0.6) is 0 Å². The topological polar surface area (TPSA) is 70.5 Å². The number of hydrogen-bond acceptors (Lipinski definition) is 4. The quantitative estimate of drug-likeness (QED) is 0.580. The lowest BCUT2D eigenvalue weighted by Gasteiger charge is -2.28. The molecule has 0 aliphatic carbocycles. The van der Waals surface area contributed by atoms with Gasteiger partial charge in [0.05, 0.1) is 17.4 Å². The van der Waals surface area contributed by atoms with E-state index in [2.05, 4.69) is 10.4 Å². The number of rotatable bonds is 4. The van der Waals surface area contributed by atoms with Gasteiger partial charge in [0.1, 0.15) is 18.1 Å². The third-order valence-corrected chi connectivity index (χ3v) is 6.36. The number of benzene rings is 2. The van der Waals surface area contributed by atoms with E-state index in [1.807, 2.05) is 0 Å². The van der Waals surface area contributed by atoms with Crippen LogP contribution in [0.1, 0.15) is 28.8 Å². The molecule has 3 heterocycles. The largest absolute Gasteiger partial charge is 0.408 e. The summed E-state index contributed by atoms with van der Waals surface area (Å²) in [7, 11) is 1.64. The van der Waals surface area contributed by atoms with Crippen molar-refractivity contribution in [1.82, 2.24) is 19.6 Å². The maximum Gasteiger partial charge on any atom is 0.408 e. The molecule has 0 spiro atoms. The van der Waals surface area contributed by atoms with Crippen molar-refractivity contribution in [3.63, 3.8) is 0 Å². The Bertz CT molecular complexity index is 1300. The molecular formula is C23H21F4N5O2. The molecule has 34 heavy (non-hydrogen) atoms. The molecule has 7 nitrogen and oxygen atoms in total. The highest BCUT2D eigenvalue weighted by Gasteiger charge is 2.48. The molecule has 1 saturated heterocycles. The number of carbonyl (C=O) groups is 2. The van der Waals surface area contributed by atoms with E-state index in [9.17, 15) is 27.2 Å². The van der Waals surface area contributed by atoms with Crippen molar-refractivity contribution in [2.45, 2.75) is 31.6 Å². The minimum absolute atomic E-state index is 0.0210. The van der Waals surface area contributed by atoms with Crippen molar-refractivity contribution < 1.29 is 27.2 Å². The zero-order chi connectivity index (χ0) is 24.2. The van der Waals surface area contributed by atoms with E-state index >= 15 is 0 Å².